The second kappa shape index (κ2) is 4.99. The standard InChI is InChI=1S/C7H12O3/c1-3-6(7(8)9)4-5-10-2/h3H,4-5H2,1-2H3,(H,8,9). The zero-order valence-corrected chi connectivity index (χ0v) is 6.26. The molecule has 0 rings (SSSR count). The van der Waals surface area contributed by atoms with Gasteiger partial charge in [0.05, 0.1) is 6.61 Å². The van der Waals surface area contributed by atoms with Crippen LogP contribution >= 0.6 is 0 Å². The first-order valence-electron chi connectivity index (χ1n) is 3.09. The molecule has 0 spiro atoms. The van der Waals surface area contributed by atoms with Gasteiger partial charge >= 0.3 is 5.97 Å². The van der Waals surface area contributed by atoms with Crippen LogP contribution in [0.2, 0.25) is 0 Å². The number of hydrogen-bond acceptors (Lipinski definition) is 2. The first-order chi connectivity index (χ1) is 4.72. The van der Waals surface area contributed by atoms with Crippen molar-refractivity contribution >= 4 is 5.97 Å². The Morgan fingerprint density at radius 1 is 1.70 bits per heavy atom. The highest BCUT2D eigenvalue weighted by molar-refractivity contribution is 5.86. The van der Waals surface area contributed by atoms with Gasteiger partial charge in [0, 0.05) is 19.1 Å². The third-order valence-corrected chi connectivity index (χ3v) is 1.20. The number of allylic oxidation sites excluding steroid dienone is 1. The Hall–Kier alpha value is -0.830. The van der Waals surface area contributed by atoms with E-state index < -0.39 is 5.97 Å². The molecule has 0 aromatic carbocycles. The molecule has 0 aromatic heterocycles. The van der Waals surface area contributed by atoms with E-state index in [0.29, 0.717) is 18.6 Å². The van der Waals surface area contributed by atoms with Crippen LogP contribution in [0.1, 0.15) is 13.3 Å². The zero-order chi connectivity index (χ0) is 7.98. The monoisotopic (exact) mass is 144 g/mol. The molecule has 0 unspecified atom stereocenters. The van der Waals surface area contributed by atoms with Crippen LogP contribution in [0.15, 0.2) is 11.6 Å². The Balaban J connectivity index is 3.74. The summed E-state index contributed by atoms with van der Waals surface area (Å²) in [5.74, 6) is -0.862. The van der Waals surface area contributed by atoms with Crippen molar-refractivity contribution in [1.82, 2.24) is 0 Å². The Bertz CT molecular complexity index is 138. The highest BCUT2D eigenvalue weighted by Crippen LogP contribution is 2.00. The van der Waals surface area contributed by atoms with Crippen LogP contribution in [0.25, 0.3) is 0 Å². The summed E-state index contributed by atoms with van der Waals surface area (Å²) >= 11 is 0. The maximum Gasteiger partial charge on any atom is 0.331 e. The van der Waals surface area contributed by atoms with Gasteiger partial charge < -0.3 is 9.84 Å². The third kappa shape index (κ3) is 3.25. The Morgan fingerprint density at radius 2 is 2.30 bits per heavy atom. The van der Waals surface area contributed by atoms with Crippen LogP contribution in [0.3, 0.4) is 0 Å². The van der Waals surface area contributed by atoms with E-state index in [1.807, 2.05) is 0 Å². The molecule has 0 aromatic rings. The average Bonchev–Trinajstić information content (AvgIpc) is 1.89. The summed E-state index contributed by atoms with van der Waals surface area (Å²) in [6.45, 7) is 2.17. The van der Waals surface area contributed by atoms with Crippen LogP contribution in [0.4, 0.5) is 0 Å². The number of ether oxygens (including phenoxy) is 1. The molecule has 0 fully saturated rings. The minimum absolute atomic E-state index is 0.404. The molecule has 0 aliphatic heterocycles. The fourth-order valence-electron chi connectivity index (χ4n) is 0.587. The van der Waals surface area contributed by atoms with Crippen LogP contribution in [-0.2, 0) is 9.53 Å². The summed E-state index contributed by atoms with van der Waals surface area (Å²) in [6.07, 6.45) is 2.06. The topological polar surface area (TPSA) is 46.5 Å². The maximum absolute atomic E-state index is 10.3. The highest BCUT2D eigenvalue weighted by atomic mass is 16.5. The maximum atomic E-state index is 10.3. The van der Waals surface area contributed by atoms with Crippen molar-refractivity contribution in [2.45, 2.75) is 13.3 Å². The molecule has 0 saturated carbocycles. The van der Waals surface area contributed by atoms with Gasteiger partial charge in [-0.3, -0.25) is 0 Å². The average molecular weight is 144 g/mol. The first-order valence-corrected chi connectivity index (χ1v) is 3.09. The smallest absolute Gasteiger partial charge is 0.331 e. The molecule has 3 nitrogen and oxygen atoms in total. The van der Waals surface area contributed by atoms with Gasteiger partial charge in [-0.25, -0.2) is 4.79 Å². The summed E-state index contributed by atoms with van der Waals surface area (Å²) in [5.41, 5.74) is 0.404. The predicted molar refractivity (Wildman–Crippen MR) is 37.9 cm³/mol. The summed E-state index contributed by atoms with van der Waals surface area (Å²) in [6, 6.07) is 0. The van der Waals surface area contributed by atoms with Crippen molar-refractivity contribution in [3.8, 4) is 0 Å². The van der Waals surface area contributed by atoms with Gasteiger partial charge in [-0.15, -0.1) is 0 Å². The number of carboxylic acid groups (broad SMARTS) is 1. The van der Waals surface area contributed by atoms with Crippen molar-refractivity contribution in [2.75, 3.05) is 13.7 Å². The second-order valence-electron chi connectivity index (χ2n) is 1.86. The molecule has 0 radical (unpaired) electrons. The molecular weight excluding hydrogens is 132 g/mol. The van der Waals surface area contributed by atoms with Crippen LogP contribution < -0.4 is 0 Å². The van der Waals surface area contributed by atoms with E-state index in [2.05, 4.69) is 0 Å². The van der Waals surface area contributed by atoms with E-state index in [1.165, 1.54) is 0 Å². The molecule has 0 amide bonds. The quantitative estimate of drug-likeness (QED) is 0.600. The molecule has 0 aliphatic carbocycles. The van der Waals surface area contributed by atoms with Crippen molar-refractivity contribution in [3.05, 3.63) is 11.6 Å². The third-order valence-electron chi connectivity index (χ3n) is 1.20. The van der Waals surface area contributed by atoms with E-state index in [0.717, 1.165) is 0 Å². The van der Waals surface area contributed by atoms with Gasteiger partial charge in [-0.2, -0.15) is 0 Å². The molecule has 0 heterocycles. The lowest BCUT2D eigenvalue weighted by Gasteiger charge is -1.98. The van der Waals surface area contributed by atoms with E-state index >= 15 is 0 Å². The number of hydrogen-bond donors (Lipinski definition) is 1. The molecule has 0 atom stereocenters. The fourth-order valence-corrected chi connectivity index (χ4v) is 0.587. The molecule has 0 bridgehead atoms. The largest absolute Gasteiger partial charge is 0.478 e. The summed E-state index contributed by atoms with van der Waals surface area (Å²) < 4.78 is 4.72. The van der Waals surface area contributed by atoms with Gasteiger partial charge in [0.25, 0.3) is 0 Å². The van der Waals surface area contributed by atoms with Crippen molar-refractivity contribution in [1.29, 1.82) is 0 Å². The van der Waals surface area contributed by atoms with E-state index in [-0.39, 0.29) is 0 Å². The molecule has 3 heteroatoms. The van der Waals surface area contributed by atoms with Crippen LogP contribution in [0, 0.1) is 0 Å². The SMILES string of the molecule is CC=C(CCOC)C(=O)O. The van der Waals surface area contributed by atoms with Gasteiger partial charge in [0.1, 0.15) is 0 Å². The highest BCUT2D eigenvalue weighted by Gasteiger charge is 2.03. The van der Waals surface area contributed by atoms with Gasteiger partial charge in [0.2, 0.25) is 0 Å². The number of aliphatic carboxylic acids is 1. The molecular formula is C7H12O3. The van der Waals surface area contributed by atoms with Gasteiger partial charge in [0.15, 0.2) is 0 Å². The minimum Gasteiger partial charge on any atom is -0.478 e. The van der Waals surface area contributed by atoms with E-state index in [1.54, 1.807) is 20.1 Å². The summed E-state index contributed by atoms with van der Waals surface area (Å²) in [5, 5.41) is 8.48. The predicted octanol–water partition coefficient (Wildman–Crippen LogP) is 1.05. The number of rotatable bonds is 4. The molecule has 0 aliphatic rings. The second-order valence-corrected chi connectivity index (χ2v) is 1.86. The fraction of sp³-hybridized carbons (Fsp3) is 0.571. The van der Waals surface area contributed by atoms with Crippen LogP contribution in [0.5, 0.6) is 0 Å². The van der Waals surface area contributed by atoms with Crippen molar-refractivity contribution in [3.63, 3.8) is 0 Å². The van der Waals surface area contributed by atoms with Crippen molar-refractivity contribution in [2.24, 2.45) is 0 Å². The van der Waals surface area contributed by atoms with Gasteiger partial charge in [-0.1, -0.05) is 6.08 Å². The Morgan fingerprint density at radius 3 is 2.60 bits per heavy atom. The van der Waals surface area contributed by atoms with Gasteiger partial charge in [-0.05, 0) is 6.92 Å². The number of carboxylic acids is 1. The molecule has 58 valence electrons. The van der Waals surface area contributed by atoms with E-state index in [4.69, 9.17) is 9.84 Å². The van der Waals surface area contributed by atoms with Crippen LogP contribution in [-0.4, -0.2) is 24.8 Å². The lowest BCUT2D eigenvalue weighted by molar-refractivity contribution is -0.132. The Labute approximate surface area is 60.3 Å². The normalized spacial score (nSPS) is 11.6. The number of methoxy groups -OCH3 is 1. The minimum atomic E-state index is -0.862. The van der Waals surface area contributed by atoms with E-state index in [9.17, 15) is 4.79 Å². The molecule has 10 heavy (non-hydrogen) atoms. The summed E-state index contributed by atoms with van der Waals surface area (Å²) in [4.78, 5) is 10.3. The first kappa shape index (κ1) is 9.17. The lowest BCUT2D eigenvalue weighted by Crippen LogP contribution is -2.03. The molecule has 1 N–H and O–H groups in total. The number of carbonyl (C=O) groups is 1. The molecule has 0 saturated heterocycles. The van der Waals surface area contributed by atoms with Crippen molar-refractivity contribution < 1.29 is 14.6 Å². The lowest BCUT2D eigenvalue weighted by atomic mass is 10.2. The Kier molecular flexibility index (Phi) is 4.58. The summed E-state index contributed by atoms with van der Waals surface area (Å²) in [7, 11) is 1.55. The zero-order valence-electron chi connectivity index (χ0n) is 6.26.